The first-order valence-corrected chi connectivity index (χ1v) is 6.78. The second-order valence-electron chi connectivity index (χ2n) is 3.89. The van der Waals surface area contributed by atoms with Gasteiger partial charge in [-0.25, -0.2) is 0 Å². The van der Waals surface area contributed by atoms with Crippen molar-refractivity contribution in [3.8, 4) is 10.4 Å². The fourth-order valence-electron chi connectivity index (χ4n) is 1.73. The summed E-state index contributed by atoms with van der Waals surface area (Å²) in [5.74, 6) is 0. The van der Waals surface area contributed by atoms with Crippen LogP contribution in [0.5, 0.6) is 0 Å². The van der Waals surface area contributed by atoms with E-state index in [1.54, 1.807) is 11.3 Å². The normalized spacial score (nSPS) is 10.8. The van der Waals surface area contributed by atoms with E-state index in [0.29, 0.717) is 6.54 Å². The quantitative estimate of drug-likeness (QED) is 0.880. The van der Waals surface area contributed by atoms with Crippen LogP contribution in [-0.4, -0.2) is 0 Å². The van der Waals surface area contributed by atoms with E-state index in [2.05, 4.69) is 54.0 Å². The highest BCUT2D eigenvalue weighted by molar-refractivity contribution is 9.10. The predicted octanol–water partition coefficient (Wildman–Crippen LogP) is 4.25. The molecule has 84 valence electrons. The lowest BCUT2D eigenvalue weighted by atomic mass is 10.1. The van der Waals surface area contributed by atoms with Gasteiger partial charge in [-0.05, 0) is 54.8 Å². The van der Waals surface area contributed by atoms with E-state index in [1.165, 1.54) is 30.9 Å². The van der Waals surface area contributed by atoms with Gasteiger partial charge in [0.1, 0.15) is 0 Å². The molecule has 0 unspecified atom stereocenters. The van der Waals surface area contributed by atoms with Gasteiger partial charge in [0.15, 0.2) is 0 Å². The summed E-state index contributed by atoms with van der Waals surface area (Å²) in [6, 6.07) is 8.67. The largest absolute Gasteiger partial charge is 0.326 e. The molecule has 0 aliphatic carbocycles. The molecular formula is C13H14BrNS. The molecule has 1 heterocycles. The Morgan fingerprint density at radius 1 is 1.19 bits per heavy atom. The minimum Gasteiger partial charge on any atom is -0.326 e. The molecule has 0 saturated heterocycles. The summed E-state index contributed by atoms with van der Waals surface area (Å²) in [6.45, 7) is 4.87. The van der Waals surface area contributed by atoms with Gasteiger partial charge in [0.25, 0.3) is 0 Å². The van der Waals surface area contributed by atoms with Crippen LogP contribution in [0.25, 0.3) is 10.4 Å². The summed E-state index contributed by atoms with van der Waals surface area (Å²) in [4.78, 5) is 2.52. The number of benzene rings is 1. The van der Waals surface area contributed by atoms with Crippen molar-refractivity contribution in [2.75, 3.05) is 0 Å². The summed E-state index contributed by atoms with van der Waals surface area (Å²) in [5, 5.41) is 0. The fourth-order valence-corrected chi connectivity index (χ4v) is 2.83. The van der Waals surface area contributed by atoms with Gasteiger partial charge in [0.2, 0.25) is 0 Å². The Morgan fingerprint density at radius 3 is 2.31 bits per heavy atom. The van der Waals surface area contributed by atoms with Crippen molar-refractivity contribution >= 4 is 27.3 Å². The maximum absolute atomic E-state index is 5.63. The molecule has 0 aliphatic heterocycles. The molecule has 3 heteroatoms. The minimum atomic E-state index is 0.624. The molecule has 16 heavy (non-hydrogen) atoms. The molecular weight excluding hydrogens is 282 g/mol. The topological polar surface area (TPSA) is 26.0 Å². The first-order chi connectivity index (χ1) is 7.61. The molecule has 0 atom stereocenters. The Kier molecular flexibility index (Phi) is 3.47. The average Bonchev–Trinajstić information content (AvgIpc) is 2.73. The van der Waals surface area contributed by atoms with Gasteiger partial charge in [-0.15, -0.1) is 11.3 Å². The van der Waals surface area contributed by atoms with Crippen LogP contribution >= 0.6 is 27.3 Å². The zero-order chi connectivity index (χ0) is 11.7. The Hall–Kier alpha value is -0.640. The Balaban J connectivity index is 2.48. The molecule has 2 aromatic rings. The summed E-state index contributed by atoms with van der Waals surface area (Å²) in [7, 11) is 0. The molecule has 0 radical (unpaired) electrons. The highest BCUT2D eigenvalue weighted by Gasteiger charge is 2.06. The number of halogens is 1. The molecule has 0 spiro atoms. The average molecular weight is 296 g/mol. The predicted molar refractivity (Wildman–Crippen MR) is 74.8 cm³/mol. The maximum Gasteiger partial charge on any atom is 0.0346 e. The molecule has 1 nitrogen and oxygen atoms in total. The van der Waals surface area contributed by atoms with Crippen LogP contribution in [0.2, 0.25) is 0 Å². The molecule has 1 aromatic carbocycles. The molecule has 1 aromatic heterocycles. The third-order valence-corrected chi connectivity index (χ3v) is 4.99. The second kappa shape index (κ2) is 4.70. The van der Waals surface area contributed by atoms with E-state index < -0.39 is 0 Å². The molecule has 2 N–H and O–H groups in total. The smallest absolute Gasteiger partial charge is 0.0346 e. The van der Waals surface area contributed by atoms with Crippen molar-refractivity contribution in [3.05, 3.63) is 44.7 Å². The van der Waals surface area contributed by atoms with E-state index in [0.717, 1.165) is 0 Å². The second-order valence-corrected chi connectivity index (χ2v) is 5.86. The van der Waals surface area contributed by atoms with Crippen molar-refractivity contribution in [2.24, 2.45) is 5.73 Å². The summed E-state index contributed by atoms with van der Waals surface area (Å²) in [6.07, 6.45) is 0. The van der Waals surface area contributed by atoms with Crippen LogP contribution in [0.15, 0.2) is 28.7 Å². The molecule has 0 saturated carbocycles. The van der Waals surface area contributed by atoms with Gasteiger partial charge < -0.3 is 5.73 Å². The zero-order valence-corrected chi connectivity index (χ0v) is 11.8. The van der Waals surface area contributed by atoms with Crippen LogP contribution in [0.3, 0.4) is 0 Å². The van der Waals surface area contributed by atoms with Crippen molar-refractivity contribution in [1.29, 1.82) is 0 Å². The number of hydrogen-bond acceptors (Lipinski definition) is 2. The van der Waals surface area contributed by atoms with E-state index in [9.17, 15) is 0 Å². The van der Waals surface area contributed by atoms with E-state index in [4.69, 9.17) is 5.73 Å². The number of nitrogens with two attached hydrogens (primary N) is 1. The number of rotatable bonds is 2. The third-order valence-electron chi connectivity index (χ3n) is 2.58. The van der Waals surface area contributed by atoms with Crippen molar-refractivity contribution in [1.82, 2.24) is 0 Å². The summed E-state index contributed by atoms with van der Waals surface area (Å²) in [5.41, 5.74) is 9.46. The van der Waals surface area contributed by atoms with E-state index in [1.807, 2.05) is 0 Å². The van der Waals surface area contributed by atoms with Crippen LogP contribution in [0.1, 0.15) is 16.0 Å². The zero-order valence-electron chi connectivity index (χ0n) is 9.38. The lowest BCUT2D eigenvalue weighted by molar-refractivity contribution is 1.11. The van der Waals surface area contributed by atoms with Gasteiger partial charge in [0, 0.05) is 20.8 Å². The first kappa shape index (κ1) is 11.8. The lowest BCUT2D eigenvalue weighted by Gasteiger charge is -2.06. The molecule has 0 fully saturated rings. The molecule has 2 rings (SSSR count). The maximum atomic E-state index is 5.63. The Morgan fingerprint density at radius 2 is 1.81 bits per heavy atom. The number of hydrogen-bond donors (Lipinski definition) is 1. The van der Waals surface area contributed by atoms with Gasteiger partial charge in [-0.3, -0.25) is 0 Å². The monoisotopic (exact) mass is 295 g/mol. The van der Waals surface area contributed by atoms with Crippen LogP contribution in [0, 0.1) is 13.8 Å². The minimum absolute atomic E-state index is 0.624. The van der Waals surface area contributed by atoms with Gasteiger partial charge in [-0.1, -0.05) is 15.9 Å². The molecule has 0 amide bonds. The SMILES string of the molecule is Cc1cc(-c2ccc(CN)s2)cc(C)c1Br. The van der Waals surface area contributed by atoms with Crippen molar-refractivity contribution in [2.45, 2.75) is 20.4 Å². The van der Waals surface area contributed by atoms with Gasteiger partial charge in [0.05, 0.1) is 0 Å². The third kappa shape index (κ3) is 2.21. The van der Waals surface area contributed by atoms with Crippen molar-refractivity contribution in [3.63, 3.8) is 0 Å². The van der Waals surface area contributed by atoms with Crippen molar-refractivity contribution < 1.29 is 0 Å². The molecule has 0 bridgehead atoms. The molecule has 0 aliphatic rings. The fraction of sp³-hybridized carbons (Fsp3) is 0.231. The highest BCUT2D eigenvalue weighted by Crippen LogP contribution is 2.32. The number of thiophene rings is 1. The van der Waals surface area contributed by atoms with E-state index >= 15 is 0 Å². The van der Waals surface area contributed by atoms with Crippen LogP contribution in [-0.2, 0) is 6.54 Å². The van der Waals surface area contributed by atoms with Crippen LogP contribution in [0.4, 0.5) is 0 Å². The lowest BCUT2D eigenvalue weighted by Crippen LogP contribution is -1.91. The van der Waals surface area contributed by atoms with Gasteiger partial charge >= 0.3 is 0 Å². The first-order valence-electron chi connectivity index (χ1n) is 5.17. The van der Waals surface area contributed by atoms with Gasteiger partial charge in [-0.2, -0.15) is 0 Å². The standard InChI is InChI=1S/C13H14BrNS/c1-8-5-10(6-9(2)13(8)14)12-4-3-11(7-15)16-12/h3-6H,7,15H2,1-2H3. The summed E-state index contributed by atoms with van der Waals surface area (Å²) >= 11 is 5.36. The van der Waals surface area contributed by atoms with Crippen LogP contribution < -0.4 is 5.73 Å². The van der Waals surface area contributed by atoms with E-state index in [-0.39, 0.29) is 0 Å². The Bertz CT molecular complexity index is 493. The Labute approximate surface area is 108 Å². The summed E-state index contributed by atoms with van der Waals surface area (Å²) < 4.78 is 1.20. The number of aryl methyl sites for hydroxylation is 2. The highest BCUT2D eigenvalue weighted by atomic mass is 79.9.